The summed E-state index contributed by atoms with van der Waals surface area (Å²) in [6.45, 7) is 4.42. The molecule has 1 fully saturated rings. The van der Waals surface area contributed by atoms with Gasteiger partial charge in [0.25, 0.3) is 0 Å². The van der Waals surface area contributed by atoms with E-state index in [1.54, 1.807) is 11.3 Å². The van der Waals surface area contributed by atoms with Gasteiger partial charge in [-0.25, -0.2) is 0 Å². The summed E-state index contributed by atoms with van der Waals surface area (Å²) in [5.74, 6) is 0.268. The van der Waals surface area contributed by atoms with Crippen molar-refractivity contribution >= 4 is 40.1 Å². The first kappa shape index (κ1) is 19.7. The molecule has 0 bridgehead atoms. The Morgan fingerprint density at radius 3 is 2.59 bits per heavy atom. The van der Waals surface area contributed by atoms with E-state index in [0.717, 1.165) is 22.0 Å². The van der Waals surface area contributed by atoms with E-state index in [4.69, 9.17) is 17.3 Å². The second-order valence-corrected chi connectivity index (χ2v) is 8.84. The van der Waals surface area contributed by atoms with Crippen LogP contribution in [0, 0.1) is 5.92 Å². The minimum Gasteiger partial charge on any atom is -0.369 e. The second-order valence-electron chi connectivity index (χ2n) is 7.13. The van der Waals surface area contributed by atoms with Gasteiger partial charge in [-0.3, -0.25) is 4.79 Å². The summed E-state index contributed by atoms with van der Waals surface area (Å²) in [4.78, 5) is 12.3. The van der Waals surface area contributed by atoms with Crippen LogP contribution in [0.1, 0.15) is 43.6 Å². The number of nitrogens with two attached hydrogens (primary N) is 1. The maximum atomic E-state index is 11.1. The average molecular weight is 401 g/mol. The lowest BCUT2D eigenvalue weighted by Gasteiger charge is -2.16. The summed E-state index contributed by atoms with van der Waals surface area (Å²) >= 11 is 7.70. The Hall–Kier alpha value is -2.04. The SMILES string of the molecule is C/C(=C\C(Nc1ccc(CC(N)=O)cc1)=C1\CCCC1C)c1ccc(Cl)s1. The molecule has 0 saturated heterocycles. The number of thiophene rings is 1. The maximum Gasteiger partial charge on any atom is 0.221 e. The van der Waals surface area contributed by atoms with Gasteiger partial charge in [-0.1, -0.05) is 30.7 Å². The van der Waals surface area contributed by atoms with Crippen molar-refractivity contribution in [2.75, 3.05) is 5.32 Å². The highest BCUT2D eigenvalue weighted by Crippen LogP contribution is 2.35. The number of carbonyl (C=O) groups excluding carboxylic acids is 1. The largest absolute Gasteiger partial charge is 0.369 e. The molecule has 1 unspecified atom stereocenters. The molecule has 2 aromatic rings. The normalized spacial score (nSPS) is 19.2. The topological polar surface area (TPSA) is 55.1 Å². The van der Waals surface area contributed by atoms with Gasteiger partial charge in [-0.15, -0.1) is 11.3 Å². The lowest BCUT2D eigenvalue weighted by Crippen LogP contribution is -2.13. The van der Waals surface area contributed by atoms with Crippen LogP contribution in [-0.4, -0.2) is 5.91 Å². The standard InChI is InChI=1S/C22H25ClN2OS/c1-14-4-3-5-18(14)19(12-15(2)20-10-11-21(23)27-20)25-17-8-6-16(7-9-17)13-22(24)26/h6-12,14,25H,3-5,13H2,1-2H3,(H2,24,26)/b15-12+,19-18+. The van der Waals surface area contributed by atoms with E-state index in [1.165, 1.54) is 34.6 Å². The Bertz CT molecular complexity index is 880. The molecule has 1 aliphatic rings. The lowest BCUT2D eigenvalue weighted by molar-refractivity contribution is -0.117. The molecule has 0 radical (unpaired) electrons. The molecule has 1 aromatic heterocycles. The van der Waals surface area contributed by atoms with Gasteiger partial charge in [-0.2, -0.15) is 0 Å². The monoisotopic (exact) mass is 400 g/mol. The maximum absolute atomic E-state index is 11.1. The van der Waals surface area contributed by atoms with Crippen LogP contribution in [0.5, 0.6) is 0 Å². The molecule has 1 atom stereocenters. The van der Waals surface area contributed by atoms with Crippen LogP contribution in [0.25, 0.3) is 5.57 Å². The molecule has 3 nitrogen and oxygen atoms in total. The zero-order valence-corrected chi connectivity index (χ0v) is 17.3. The molecule has 1 saturated carbocycles. The summed E-state index contributed by atoms with van der Waals surface area (Å²) in [5, 5.41) is 3.60. The van der Waals surface area contributed by atoms with E-state index in [1.807, 2.05) is 30.3 Å². The first-order valence-corrected chi connectivity index (χ1v) is 10.4. The number of benzene rings is 1. The minimum absolute atomic E-state index is 0.267. The molecule has 27 heavy (non-hydrogen) atoms. The van der Waals surface area contributed by atoms with Crippen molar-refractivity contribution in [1.29, 1.82) is 0 Å². The Morgan fingerprint density at radius 1 is 1.30 bits per heavy atom. The van der Waals surface area contributed by atoms with Crippen molar-refractivity contribution in [1.82, 2.24) is 0 Å². The quantitative estimate of drug-likeness (QED) is 0.622. The number of hydrogen-bond acceptors (Lipinski definition) is 3. The van der Waals surface area contributed by atoms with Gasteiger partial charge in [-0.05, 0) is 79.2 Å². The molecule has 1 amide bonds. The summed E-state index contributed by atoms with van der Waals surface area (Å²) < 4.78 is 0.805. The van der Waals surface area contributed by atoms with Gasteiger partial charge in [0.2, 0.25) is 5.91 Å². The van der Waals surface area contributed by atoms with Crippen LogP contribution in [0.4, 0.5) is 5.69 Å². The zero-order valence-electron chi connectivity index (χ0n) is 15.7. The predicted octanol–water partition coefficient (Wildman–Crippen LogP) is 6.02. The highest BCUT2D eigenvalue weighted by molar-refractivity contribution is 7.17. The van der Waals surface area contributed by atoms with E-state index in [-0.39, 0.29) is 12.3 Å². The fourth-order valence-electron chi connectivity index (χ4n) is 3.50. The number of nitrogens with one attached hydrogen (secondary N) is 1. The predicted molar refractivity (Wildman–Crippen MR) is 116 cm³/mol. The van der Waals surface area contributed by atoms with E-state index >= 15 is 0 Å². The van der Waals surface area contributed by atoms with Gasteiger partial charge in [0.15, 0.2) is 0 Å². The molecule has 3 N–H and O–H groups in total. The fourth-order valence-corrected chi connectivity index (χ4v) is 4.52. The highest BCUT2D eigenvalue weighted by atomic mass is 35.5. The van der Waals surface area contributed by atoms with Crippen molar-refractivity contribution in [3.05, 3.63) is 68.5 Å². The van der Waals surface area contributed by atoms with E-state index in [2.05, 4.69) is 31.3 Å². The number of primary amides is 1. The number of carbonyl (C=O) groups is 1. The molecule has 3 rings (SSSR count). The molecule has 1 aliphatic carbocycles. The molecule has 0 aliphatic heterocycles. The summed E-state index contributed by atoms with van der Waals surface area (Å²) in [5.41, 5.74) is 11.1. The van der Waals surface area contributed by atoms with Crippen molar-refractivity contribution in [3.63, 3.8) is 0 Å². The Kier molecular flexibility index (Phi) is 6.40. The molecular weight excluding hydrogens is 376 g/mol. The molecule has 5 heteroatoms. The molecular formula is C22H25ClN2OS. The number of hydrogen-bond donors (Lipinski definition) is 2. The van der Waals surface area contributed by atoms with E-state index < -0.39 is 0 Å². The van der Waals surface area contributed by atoms with Gasteiger partial charge in [0, 0.05) is 16.3 Å². The number of rotatable bonds is 6. The molecule has 0 spiro atoms. The van der Waals surface area contributed by atoms with Crippen LogP contribution in [0.3, 0.4) is 0 Å². The van der Waals surface area contributed by atoms with Gasteiger partial charge in [0.1, 0.15) is 0 Å². The van der Waals surface area contributed by atoms with Crippen LogP contribution in [0.15, 0.2) is 53.7 Å². The van der Waals surface area contributed by atoms with E-state index in [0.29, 0.717) is 5.92 Å². The van der Waals surface area contributed by atoms with Crippen molar-refractivity contribution < 1.29 is 4.79 Å². The molecule has 1 aromatic carbocycles. The number of allylic oxidation sites excluding steroid dienone is 3. The molecule has 1 heterocycles. The third-order valence-corrected chi connectivity index (χ3v) is 6.32. The van der Waals surface area contributed by atoms with Gasteiger partial charge in [0.05, 0.1) is 10.8 Å². The fraction of sp³-hybridized carbons (Fsp3) is 0.318. The zero-order chi connectivity index (χ0) is 19.4. The smallest absolute Gasteiger partial charge is 0.221 e. The van der Waals surface area contributed by atoms with Crippen molar-refractivity contribution in [2.24, 2.45) is 11.7 Å². The number of amides is 1. The first-order chi connectivity index (χ1) is 12.9. The van der Waals surface area contributed by atoms with Crippen LogP contribution in [0.2, 0.25) is 4.34 Å². The molecule has 142 valence electrons. The van der Waals surface area contributed by atoms with Gasteiger partial charge < -0.3 is 11.1 Å². The van der Waals surface area contributed by atoms with Crippen LogP contribution in [-0.2, 0) is 11.2 Å². The Morgan fingerprint density at radius 2 is 2.04 bits per heavy atom. The number of anilines is 1. The summed E-state index contributed by atoms with van der Waals surface area (Å²) in [7, 11) is 0. The average Bonchev–Trinajstić information content (AvgIpc) is 3.24. The van der Waals surface area contributed by atoms with Crippen LogP contribution < -0.4 is 11.1 Å². The summed E-state index contributed by atoms with van der Waals surface area (Å²) in [6.07, 6.45) is 6.09. The third-order valence-electron chi connectivity index (χ3n) is 4.96. The lowest BCUT2D eigenvalue weighted by atomic mass is 10.0. The van der Waals surface area contributed by atoms with Crippen molar-refractivity contribution in [3.8, 4) is 0 Å². The van der Waals surface area contributed by atoms with Crippen LogP contribution >= 0.6 is 22.9 Å². The second kappa shape index (κ2) is 8.77. The highest BCUT2D eigenvalue weighted by Gasteiger charge is 2.20. The number of halogens is 1. The minimum atomic E-state index is -0.313. The Balaban J connectivity index is 1.88. The third kappa shape index (κ3) is 5.24. The van der Waals surface area contributed by atoms with E-state index in [9.17, 15) is 4.79 Å². The Labute approximate surface area is 169 Å². The van der Waals surface area contributed by atoms with Crippen molar-refractivity contribution in [2.45, 2.75) is 39.5 Å². The summed E-state index contributed by atoms with van der Waals surface area (Å²) in [6, 6.07) is 11.9. The first-order valence-electron chi connectivity index (χ1n) is 9.23. The van der Waals surface area contributed by atoms with Gasteiger partial charge >= 0.3 is 0 Å².